The molecule has 0 heterocycles. The van der Waals surface area contributed by atoms with E-state index in [1.165, 1.54) is 12.0 Å². The average Bonchev–Trinajstić information content (AvgIpc) is 2.76. The molecule has 0 fully saturated rings. The largest absolute Gasteiger partial charge is 0.493 e. The first kappa shape index (κ1) is 24.8. The summed E-state index contributed by atoms with van der Waals surface area (Å²) in [7, 11) is 1.53. The van der Waals surface area contributed by atoms with Crippen molar-refractivity contribution in [3.63, 3.8) is 0 Å². The minimum Gasteiger partial charge on any atom is -0.493 e. The SMILES string of the molecule is CCCCNC(=O)[C@H](C)N(Cc1ccc(Cl)cc1Cl)C(=O)COc1ccccc1OC. The van der Waals surface area contributed by atoms with Gasteiger partial charge >= 0.3 is 0 Å². The van der Waals surface area contributed by atoms with Gasteiger partial charge in [0.1, 0.15) is 6.04 Å². The van der Waals surface area contributed by atoms with Crippen molar-refractivity contribution in [3.8, 4) is 11.5 Å². The number of rotatable bonds is 11. The molecule has 0 radical (unpaired) electrons. The zero-order valence-corrected chi connectivity index (χ0v) is 19.5. The van der Waals surface area contributed by atoms with Crippen LogP contribution in [0.25, 0.3) is 0 Å². The Bertz CT molecular complexity index is 892. The molecule has 31 heavy (non-hydrogen) atoms. The number of nitrogens with one attached hydrogen (secondary N) is 1. The van der Waals surface area contributed by atoms with Crippen LogP contribution in [0.2, 0.25) is 10.0 Å². The third-order valence-corrected chi connectivity index (χ3v) is 5.36. The molecule has 2 amide bonds. The Balaban J connectivity index is 2.18. The summed E-state index contributed by atoms with van der Waals surface area (Å²) in [5, 5.41) is 3.79. The van der Waals surface area contributed by atoms with Gasteiger partial charge in [-0.05, 0) is 43.2 Å². The Morgan fingerprint density at radius 3 is 2.48 bits per heavy atom. The molecule has 1 N–H and O–H groups in total. The number of amides is 2. The molecular weight excluding hydrogens is 439 g/mol. The van der Waals surface area contributed by atoms with Crippen molar-refractivity contribution in [1.29, 1.82) is 0 Å². The van der Waals surface area contributed by atoms with Crippen LogP contribution in [0.4, 0.5) is 0 Å². The lowest BCUT2D eigenvalue weighted by Crippen LogP contribution is -2.49. The number of para-hydroxylation sites is 2. The van der Waals surface area contributed by atoms with Crippen molar-refractivity contribution in [2.45, 2.75) is 39.3 Å². The van der Waals surface area contributed by atoms with Gasteiger partial charge in [-0.1, -0.05) is 54.7 Å². The summed E-state index contributed by atoms with van der Waals surface area (Å²) in [6, 6.07) is 11.4. The monoisotopic (exact) mass is 466 g/mol. The van der Waals surface area contributed by atoms with Crippen LogP contribution in [0.15, 0.2) is 42.5 Å². The normalized spacial score (nSPS) is 11.5. The van der Waals surface area contributed by atoms with Gasteiger partial charge in [0.2, 0.25) is 5.91 Å². The molecule has 0 bridgehead atoms. The van der Waals surface area contributed by atoms with E-state index >= 15 is 0 Å². The maximum atomic E-state index is 13.1. The lowest BCUT2D eigenvalue weighted by molar-refractivity contribution is -0.142. The molecule has 0 aliphatic rings. The number of hydrogen-bond donors (Lipinski definition) is 1. The topological polar surface area (TPSA) is 67.9 Å². The first-order chi connectivity index (χ1) is 14.9. The van der Waals surface area contributed by atoms with Gasteiger partial charge < -0.3 is 19.7 Å². The summed E-state index contributed by atoms with van der Waals surface area (Å²) >= 11 is 12.3. The van der Waals surface area contributed by atoms with Gasteiger partial charge in [0.25, 0.3) is 5.91 Å². The maximum Gasteiger partial charge on any atom is 0.261 e. The molecule has 0 aliphatic heterocycles. The molecule has 2 aromatic rings. The third kappa shape index (κ3) is 7.33. The minimum absolute atomic E-state index is 0.145. The number of carbonyl (C=O) groups is 2. The second kappa shape index (κ2) is 12.4. The predicted octanol–water partition coefficient (Wildman–Crippen LogP) is 4.71. The summed E-state index contributed by atoms with van der Waals surface area (Å²) < 4.78 is 10.9. The predicted molar refractivity (Wildman–Crippen MR) is 123 cm³/mol. The van der Waals surface area contributed by atoms with Gasteiger partial charge in [0, 0.05) is 23.1 Å². The number of carbonyl (C=O) groups excluding carboxylic acids is 2. The van der Waals surface area contributed by atoms with Crippen LogP contribution in [0, 0.1) is 0 Å². The first-order valence-electron chi connectivity index (χ1n) is 10.1. The molecule has 0 unspecified atom stereocenters. The Kier molecular flexibility index (Phi) is 9.95. The summed E-state index contributed by atoms with van der Waals surface area (Å²) in [6.45, 7) is 4.18. The zero-order valence-electron chi connectivity index (χ0n) is 18.0. The van der Waals surface area contributed by atoms with E-state index in [1.54, 1.807) is 43.3 Å². The Morgan fingerprint density at radius 2 is 1.84 bits per heavy atom. The minimum atomic E-state index is -0.711. The van der Waals surface area contributed by atoms with Gasteiger partial charge in [-0.2, -0.15) is 0 Å². The van der Waals surface area contributed by atoms with Gasteiger partial charge in [0.05, 0.1) is 7.11 Å². The van der Waals surface area contributed by atoms with E-state index in [0.29, 0.717) is 33.7 Å². The lowest BCUT2D eigenvalue weighted by atomic mass is 10.1. The van der Waals surface area contributed by atoms with E-state index in [4.69, 9.17) is 32.7 Å². The van der Waals surface area contributed by atoms with Crippen molar-refractivity contribution in [3.05, 3.63) is 58.1 Å². The maximum absolute atomic E-state index is 13.1. The van der Waals surface area contributed by atoms with Crippen LogP contribution in [0.5, 0.6) is 11.5 Å². The van der Waals surface area contributed by atoms with Gasteiger partial charge in [0.15, 0.2) is 18.1 Å². The Labute approximate surface area is 193 Å². The highest BCUT2D eigenvalue weighted by molar-refractivity contribution is 6.35. The van der Waals surface area contributed by atoms with Gasteiger partial charge in [-0.25, -0.2) is 0 Å². The molecular formula is C23H28Cl2N2O4. The number of ether oxygens (including phenoxy) is 2. The second-order valence-electron chi connectivity index (χ2n) is 7.02. The first-order valence-corrected chi connectivity index (χ1v) is 10.9. The standard InChI is InChI=1S/C23H28Cl2N2O4/c1-4-5-12-26-23(29)16(2)27(14-17-10-11-18(24)13-19(17)25)22(28)15-31-21-9-7-6-8-20(21)30-3/h6-11,13,16H,4-5,12,14-15H2,1-3H3,(H,26,29)/t16-/m0/s1. The van der Waals surface area contributed by atoms with E-state index < -0.39 is 6.04 Å². The fourth-order valence-corrected chi connectivity index (χ4v) is 3.38. The van der Waals surface area contributed by atoms with Crippen LogP contribution in [0.1, 0.15) is 32.3 Å². The third-order valence-electron chi connectivity index (χ3n) is 4.77. The van der Waals surface area contributed by atoms with Crippen LogP contribution in [-0.4, -0.2) is 43.0 Å². The molecule has 0 saturated carbocycles. The number of nitrogens with zero attached hydrogens (tertiary/aromatic N) is 1. The van der Waals surface area contributed by atoms with Gasteiger partial charge in [-0.15, -0.1) is 0 Å². The lowest BCUT2D eigenvalue weighted by Gasteiger charge is -2.29. The van der Waals surface area contributed by atoms with E-state index in [9.17, 15) is 9.59 Å². The van der Waals surface area contributed by atoms with E-state index in [0.717, 1.165) is 12.8 Å². The van der Waals surface area contributed by atoms with Crippen molar-refractivity contribution in [2.24, 2.45) is 0 Å². The fraction of sp³-hybridized carbons (Fsp3) is 0.391. The van der Waals surface area contributed by atoms with Crippen LogP contribution >= 0.6 is 23.2 Å². The molecule has 0 aromatic heterocycles. The molecule has 8 heteroatoms. The molecule has 2 aromatic carbocycles. The van der Waals surface area contributed by atoms with E-state index in [-0.39, 0.29) is 25.0 Å². The number of hydrogen-bond acceptors (Lipinski definition) is 4. The van der Waals surface area contributed by atoms with Crippen molar-refractivity contribution in [1.82, 2.24) is 10.2 Å². The molecule has 1 atom stereocenters. The number of methoxy groups -OCH3 is 1. The molecule has 0 saturated heterocycles. The molecule has 2 rings (SSSR count). The molecule has 0 aliphatic carbocycles. The van der Waals surface area contributed by atoms with E-state index in [2.05, 4.69) is 5.32 Å². The number of benzene rings is 2. The Morgan fingerprint density at radius 1 is 1.13 bits per heavy atom. The highest BCUT2D eigenvalue weighted by Crippen LogP contribution is 2.26. The van der Waals surface area contributed by atoms with E-state index in [1.807, 2.05) is 13.0 Å². The summed E-state index contributed by atoms with van der Waals surface area (Å²) in [5.41, 5.74) is 0.685. The number of unbranched alkanes of at least 4 members (excludes halogenated alkanes) is 1. The summed E-state index contributed by atoms with van der Waals surface area (Å²) in [6.07, 6.45) is 1.83. The second-order valence-corrected chi connectivity index (χ2v) is 7.86. The Hall–Kier alpha value is -2.44. The van der Waals surface area contributed by atoms with Crippen molar-refractivity contribution < 1.29 is 19.1 Å². The highest BCUT2D eigenvalue weighted by atomic mass is 35.5. The molecule has 0 spiro atoms. The fourth-order valence-electron chi connectivity index (χ4n) is 2.91. The quantitative estimate of drug-likeness (QED) is 0.486. The van der Waals surface area contributed by atoms with Gasteiger partial charge in [-0.3, -0.25) is 9.59 Å². The summed E-state index contributed by atoms with van der Waals surface area (Å²) in [4.78, 5) is 27.2. The zero-order chi connectivity index (χ0) is 22.8. The molecule has 168 valence electrons. The highest BCUT2D eigenvalue weighted by Gasteiger charge is 2.27. The number of halogens is 2. The molecule has 6 nitrogen and oxygen atoms in total. The average molecular weight is 467 g/mol. The van der Waals surface area contributed by atoms with Crippen molar-refractivity contribution >= 4 is 35.0 Å². The van der Waals surface area contributed by atoms with Crippen molar-refractivity contribution in [2.75, 3.05) is 20.3 Å². The smallest absolute Gasteiger partial charge is 0.261 e. The van der Waals surface area contributed by atoms with Crippen LogP contribution in [-0.2, 0) is 16.1 Å². The summed E-state index contributed by atoms with van der Waals surface area (Å²) in [5.74, 6) is 0.384. The van der Waals surface area contributed by atoms with Crippen LogP contribution < -0.4 is 14.8 Å². The van der Waals surface area contributed by atoms with Crippen LogP contribution in [0.3, 0.4) is 0 Å².